The number of H-pyrrole nitrogens is 1. The largest absolute Gasteiger partial charge is 0.383 e. The van der Waals surface area contributed by atoms with Crippen LogP contribution >= 0.6 is 0 Å². The number of rotatable bonds is 3. The summed E-state index contributed by atoms with van der Waals surface area (Å²) in [4.78, 5) is 22.3. The fourth-order valence-electron chi connectivity index (χ4n) is 1.26. The number of nitrogens with zero attached hydrogens (tertiary/aromatic N) is 2. The van der Waals surface area contributed by atoms with Crippen LogP contribution in [0.25, 0.3) is 0 Å². The number of nitrogens with one attached hydrogen (secondary N) is 2. The van der Waals surface area contributed by atoms with E-state index in [9.17, 15) is 4.79 Å². The van der Waals surface area contributed by atoms with Crippen LogP contribution in [-0.4, -0.2) is 20.9 Å². The maximum absolute atomic E-state index is 11.7. The first-order valence-electron chi connectivity index (χ1n) is 4.73. The van der Waals surface area contributed by atoms with Crippen LogP contribution in [-0.2, 0) is 6.54 Å². The minimum absolute atomic E-state index is 0.226. The van der Waals surface area contributed by atoms with Gasteiger partial charge in [0.05, 0.1) is 24.1 Å². The zero-order valence-electron chi connectivity index (χ0n) is 8.47. The van der Waals surface area contributed by atoms with Gasteiger partial charge in [-0.2, -0.15) is 0 Å². The molecule has 0 spiro atoms. The lowest BCUT2D eigenvalue weighted by Gasteiger charge is -2.05. The van der Waals surface area contributed by atoms with Crippen molar-refractivity contribution >= 4 is 11.7 Å². The number of imidazole rings is 1. The Bertz CT molecular complexity index is 480. The molecule has 0 aliphatic carbocycles. The Morgan fingerprint density at radius 1 is 1.56 bits per heavy atom. The van der Waals surface area contributed by atoms with Gasteiger partial charge in [-0.05, 0) is 12.1 Å². The summed E-state index contributed by atoms with van der Waals surface area (Å²) in [5.74, 6) is -0.0233. The normalized spacial score (nSPS) is 10.0. The average Bonchev–Trinajstić information content (AvgIpc) is 2.79. The Balaban J connectivity index is 2.01. The molecule has 82 valence electrons. The number of aromatic nitrogens is 3. The van der Waals surface area contributed by atoms with Crippen LogP contribution in [0.15, 0.2) is 30.9 Å². The molecule has 0 saturated heterocycles. The Hall–Kier alpha value is -2.37. The quantitative estimate of drug-likeness (QED) is 0.689. The summed E-state index contributed by atoms with van der Waals surface area (Å²) in [7, 11) is 0. The van der Waals surface area contributed by atoms with Crippen LogP contribution in [0.4, 0.5) is 5.82 Å². The fourth-order valence-corrected chi connectivity index (χ4v) is 1.26. The summed E-state index contributed by atoms with van der Waals surface area (Å²) in [5.41, 5.74) is 6.78. The van der Waals surface area contributed by atoms with Gasteiger partial charge in [0.1, 0.15) is 5.82 Å². The molecule has 2 aromatic heterocycles. The van der Waals surface area contributed by atoms with Gasteiger partial charge in [0.15, 0.2) is 0 Å². The van der Waals surface area contributed by atoms with E-state index in [4.69, 9.17) is 5.73 Å². The molecule has 2 rings (SSSR count). The van der Waals surface area contributed by atoms with Gasteiger partial charge in [0, 0.05) is 12.4 Å². The molecule has 0 fully saturated rings. The van der Waals surface area contributed by atoms with E-state index in [0.29, 0.717) is 12.1 Å². The zero-order chi connectivity index (χ0) is 11.4. The Morgan fingerprint density at radius 3 is 3.12 bits per heavy atom. The zero-order valence-corrected chi connectivity index (χ0v) is 8.47. The van der Waals surface area contributed by atoms with E-state index < -0.39 is 0 Å². The third-order valence-electron chi connectivity index (χ3n) is 2.08. The maximum Gasteiger partial charge on any atom is 0.255 e. The van der Waals surface area contributed by atoms with E-state index in [-0.39, 0.29) is 11.7 Å². The predicted octanol–water partition coefficient (Wildman–Crippen LogP) is 0.317. The molecule has 1 amide bonds. The van der Waals surface area contributed by atoms with Crippen molar-refractivity contribution in [2.24, 2.45) is 0 Å². The summed E-state index contributed by atoms with van der Waals surface area (Å²) >= 11 is 0. The number of aromatic amines is 1. The van der Waals surface area contributed by atoms with Crippen LogP contribution in [0, 0.1) is 0 Å². The molecule has 0 aliphatic heterocycles. The number of amides is 1. The van der Waals surface area contributed by atoms with Crippen molar-refractivity contribution in [3.05, 3.63) is 42.1 Å². The van der Waals surface area contributed by atoms with Crippen LogP contribution in [0.3, 0.4) is 0 Å². The summed E-state index contributed by atoms with van der Waals surface area (Å²) in [6.07, 6.45) is 4.74. The van der Waals surface area contributed by atoms with Crippen LogP contribution in [0.5, 0.6) is 0 Å². The highest BCUT2D eigenvalue weighted by molar-refractivity contribution is 5.98. The maximum atomic E-state index is 11.7. The number of nitrogens with two attached hydrogens (primary N) is 1. The summed E-state index contributed by atoms with van der Waals surface area (Å²) in [6.45, 7) is 0.382. The van der Waals surface area contributed by atoms with Gasteiger partial charge in [-0.15, -0.1) is 0 Å². The number of nitrogen functional groups attached to an aromatic ring is 1. The van der Waals surface area contributed by atoms with E-state index in [2.05, 4.69) is 20.3 Å². The number of pyridine rings is 1. The van der Waals surface area contributed by atoms with Gasteiger partial charge >= 0.3 is 0 Å². The fraction of sp³-hybridized carbons (Fsp3) is 0.100. The minimum atomic E-state index is -0.250. The standard InChI is InChI=1S/C10H11N5O/c11-9-8(2-1-3-13-9)10(16)14-5-7-4-12-6-15-7/h1-4,6H,5H2,(H2,11,13)(H,12,15)(H,14,16). The molecule has 4 N–H and O–H groups in total. The molecular weight excluding hydrogens is 206 g/mol. The molecule has 0 atom stereocenters. The lowest BCUT2D eigenvalue weighted by atomic mass is 10.2. The van der Waals surface area contributed by atoms with Gasteiger partial charge in [0.25, 0.3) is 5.91 Å². The Kier molecular flexibility index (Phi) is 2.81. The first-order chi connectivity index (χ1) is 7.77. The SMILES string of the molecule is Nc1ncccc1C(=O)NCc1cnc[nH]1. The van der Waals surface area contributed by atoms with Crippen molar-refractivity contribution in [2.45, 2.75) is 6.54 Å². The van der Waals surface area contributed by atoms with Crippen molar-refractivity contribution in [3.63, 3.8) is 0 Å². The van der Waals surface area contributed by atoms with Crippen LogP contribution < -0.4 is 11.1 Å². The third-order valence-corrected chi connectivity index (χ3v) is 2.08. The molecule has 16 heavy (non-hydrogen) atoms. The predicted molar refractivity (Wildman–Crippen MR) is 58.4 cm³/mol. The lowest BCUT2D eigenvalue weighted by molar-refractivity contribution is 0.0951. The van der Waals surface area contributed by atoms with E-state index in [1.165, 1.54) is 0 Å². The second-order valence-corrected chi connectivity index (χ2v) is 3.20. The highest BCUT2D eigenvalue weighted by Crippen LogP contribution is 2.06. The first-order valence-corrected chi connectivity index (χ1v) is 4.73. The van der Waals surface area contributed by atoms with Crippen molar-refractivity contribution in [1.29, 1.82) is 0 Å². The van der Waals surface area contributed by atoms with Gasteiger partial charge in [-0.25, -0.2) is 9.97 Å². The summed E-state index contributed by atoms with van der Waals surface area (Å²) in [5, 5.41) is 2.71. The van der Waals surface area contributed by atoms with Crippen LogP contribution in [0.1, 0.15) is 16.1 Å². The molecule has 0 unspecified atom stereocenters. The molecule has 0 radical (unpaired) electrons. The number of carbonyl (C=O) groups excluding carboxylic acids is 1. The summed E-state index contributed by atoms with van der Waals surface area (Å²) < 4.78 is 0. The van der Waals surface area contributed by atoms with Crippen molar-refractivity contribution in [1.82, 2.24) is 20.3 Å². The molecule has 0 bridgehead atoms. The van der Waals surface area contributed by atoms with E-state index in [0.717, 1.165) is 5.69 Å². The molecular formula is C10H11N5O. The molecule has 6 nitrogen and oxygen atoms in total. The topological polar surface area (TPSA) is 96.7 Å². The molecule has 0 aliphatic rings. The van der Waals surface area contributed by atoms with Crippen molar-refractivity contribution in [2.75, 3.05) is 5.73 Å². The third kappa shape index (κ3) is 2.17. The van der Waals surface area contributed by atoms with Gasteiger partial charge in [0.2, 0.25) is 0 Å². The Labute approximate surface area is 91.9 Å². The Morgan fingerprint density at radius 2 is 2.44 bits per heavy atom. The van der Waals surface area contributed by atoms with Crippen molar-refractivity contribution in [3.8, 4) is 0 Å². The number of anilines is 1. The second kappa shape index (κ2) is 4.43. The molecule has 0 aromatic carbocycles. The van der Waals surface area contributed by atoms with Gasteiger partial charge in [-0.1, -0.05) is 0 Å². The summed E-state index contributed by atoms with van der Waals surface area (Å²) in [6, 6.07) is 3.30. The average molecular weight is 217 g/mol. The number of hydrogen-bond acceptors (Lipinski definition) is 4. The highest BCUT2D eigenvalue weighted by Gasteiger charge is 2.09. The molecule has 2 heterocycles. The van der Waals surface area contributed by atoms with E-state index >= 15 is 0 Å². The molecule has 2 aromatic rings. The molecule has 0 saturated carbocycles. The van der Waals surface area contributed by atoms with Crippen LogP contribution in [0.2, 0.25) is 0 Å². The lowest BCUT2D eigenvalue weighted by Crippen LogP contribution is -2.24. The monoisotopic (exact) mass is 217 g/mol. The van der Waals surface area contributed by atoms with Gasteiger partial charge < -0.3 is 16.0 Å². The van der Waals surface area contributed by atoms with Gasteiger partial charge in [-0.3, -0.25) is 4.79 Å². The smallest absolute Gasteiger partial charge is 0.255 e. The van der Waals surface area contributed by atoms with E-state index in [1.54, 1.807) is 30.9 Å². The highest BCUT2D eigenvalue weighted by atomic mass is 16.1. The van der Waals surface area contributed by atoms with Crippen molar-refractivity contribution < 1.29 is 4.79 Å². The van der Waals surface area contributed by atoms with E-state index in [1.807, 2.05) is 0 Å². The minimum Gasteiger partial charge on any atom is -0.383 e. The number of carbonyl (C=O) groups is 1. The number of hydrogen-bond donors (Lipinski definition) is 3. The first kappa shape index (κ1) is 10.2. The molecule has 6 heteroatoms. The second-order valence-electron chi connectivity index (χ2n) is 3.20.